The van der Waals surface area contributed by atoms with Crippen LogP contribution < -0.4 is 0 Å². The van der Waals surface area contributed by atoms with Crippen LogP contribution in [-0.2, 0) is 4.79 Å². The van der Waals surface area contributed by atoms with Crippen LogP contribution in [0.5, 0.6) is 0 Å². The fourth-order valence-corrected chi connectivity index (χ4v) is 1.46. The third-order valence-corrected chi connectivity index (χ3v) is 2.53. The van der Waals surface area contributed by atoms with Crippen LogP contribution in [0.2, 0.25) is 0 Å². The first kappa shape index (κ1) is 15.4. The SMILES string of the molecule is CCN1C=CC=C(C(=O)O)C1.Cc1ncc([N+](=O)[O-])[nH]1. The minimum atomic E-state index is -0.826. The monoisotopic (exact) mass is 280 g/mol. The van der Waals surface area contributed by atoms with Gasteiger partial charge in [0.15, 0.2) is 5.82 Å². The van der Waals surface area contributed by atoms with Crippen LogP contribution in [0.15, 0.2) is 30.1 Å². The molecule has 108 valence electrons. The van der Waals surface area contributed by atoms with Crippen LogP contribution in [-0.4, -0.2) is 44.0 Å². The minimum absolute atomic E-state index is 0.0625. The van der Waals surface area contributed by atoms with Gasteiger partial charge < -0.3 is 20.1 Å². The second kappa shape index (κ2) is 7.07. The van der Waals surface area contributed by atoms with Crippen LogP contribution in [0, 0.1) is 17.0 Å². The first-order chi connectivity index (χ1) is 9.43. The molecule has 0 amide bonds. The molecule has 1 aromatic heterocycles. The van der Waals surface area contributed by atoms with Crippen molar-refractivity contribution in [3.8, 4) is 0 Å². The number of imidazole rings is 1. The number of carboxylic acids is 1. The largest absolute Gasteiger partial charge is 0.478 e. The summed E-state index contributed by atoms with van der Waals surface area (Å²) in [4.78, 5) is 28.0. The molecule has 0 unspecified atom stereocenters. The number of carboxylic acid groups (broad SMARTS) is 1. The predicted octanol–water partition coefficient (Wildman–Crippen LogP) is 1.47. The van der Waals surface area contributed by atoms with Crippen molar-refractivity contribution in [2.75, 3.05) is 13.1 Å². The lowest BCUT2D eigenvalue weighted by molar-refractivity contribution is -0.389. The lowest BCUT2D eigenvalue weighted by atomic mass is 10.2. The Morgan fingerprint density at radius 1 is 1.65 bits per heavy atom. The summed E-state index contributed by atoms with van der Waals surface area (Å²) in [6.45, 7) is 5.02. The number of likely N-dealkylation sites (N-methyl/N-ethyl adjacent to an activating group) is 1. The van der Waals surface area contributed by atoms with Gasteiger partial charge in [-0.25, -0.2) is 14.8 Å². The third-order valence-electron chi connectivity index (χ3n) is 2.53. The maximum absolute atomic E-state index is 10.5. The molecule has 8 heteroatoms. The van der Waals surface area contributed by atoms with E-state index >= 15 is 0 Å². The summed E-state index contributed by atoms with van der Waals surface area (Å²) in [6, 6.07) is 0. The van der Waals surface area contributed by atoms with E-state index in [1.165, 1.54) is 6.20 Å². The molecule has 1 aromatic rings. The second-order valence-electron chi connectivity index (χ2n) is 4.01. The maximum Gasteiger partial charge on any atom is 0.340 e. The predicted molar refractivity (Wildman–Crippen MR) is 72.1 cm³/mol. The molecule has 1 aliphatic rings. The molecule has 2 heterocycles. The smallest absolute Gasteiger partial charge is 0.340 e. The quantitative estimate of drug-likeness (QED) is 0.640. The van der Waals surface area contributed by atoms with Gasteiger partial charge >= 0.3 is 11.8 Å². The standard InChI is InChI=1S/C8H11NO2.C4H5N3O2/c1-2-9-5-3-4-7(6-9)8(10)11;1-3-5-2-4(6-3)7(8)9/h3-5H,2,6H2,1H3,(H,10,11);2H,1H3,(H,5,6). The van der Waals surface area contributed by atoms with Gasteiger partial charge in [-0.3, -0.25) is 0 Å². The van der Waals surface area contributed by atoms with Gasteiger partial charge in [0.25, 0.3) is 0 Å². The summed E-state index contributed by atoms with van der Waals surface area (Å²) in [5.41, 5.74) is 0.453. The van der Waals surface area contributed by atoms with Gasteiger partial charge in [-0.1, -0.05) is 0 Å². The van der Waals surface area contributed by atoms with Crippen LogP contribution in [0.4, 0.5) is 5.82 Å². The summed E-state index contributed by atoms with van der Waals surface area (Å²) in [5.74, 6) is -0.331. The van der Waals surface area contributed by atoms with E-state index in [-0.39, 0.29) is 5.82 Å². The molecular weight excluding hydrogens is 264 g/mol. The van der Waals surface area contributed by atoms with Crippen molar-refractivity contribution in [2.24, 2.45) is 0 Å². The molecule has 0 spiro atoms. The van der Waals surface area contributed by atoms with E-state index in [1.807, 2.05) is 18.0 Å². The Kier molecular flexibility index (Phi) is 5.45. The van der Waals surface area contributed by atoms with E-state index in [1.54, 1.807) is 19.1 Å². The van der Waals surface area contributed by atoms with E-state index in [0.717, 1.165) is 6.54 Å². The Hall–Kier alpha value is -2.64. The molecular formula is C12H16N4O4. The fourth-order valence-electron chi connectivity index (χ4n) is 1.46. The van der Waals surface area contributed by atoms with Crippen molar-refractivity contribution in [1.29, 1.82) is 0 Å². The summed E-state index contributed by atoms with van der Waals surface area (Å²) in [6.07, 6.45) is 6.48. The number of allylic oxidation sites excluding steroid dienone is 2. The average molecular weight is 280 g/mol. The van der Waals surface area contributed by atoms with E-state index in [4.69, 9.17) is 5.11 Å². The van der Waals surface area contributed by atoms with Crippen molar-refractivity contribution in [3.63, 3.8) is 0 Å². The van der Waals surface area contributed by atoms with Crippen LogP contribution in [0.3, 0.4) is 0 Å². The summed E-state index contributed by atoms with van der Waals surface area (Å²) < 4.78 is 0. The Morgan fingerprint density at radius 3 is 2.75 bits per heavy atom. The molecule has 0 saturated carbocycles. The zero-order chi connectivity index (χ0) is 15.1. The van der Waals surface area contributed by atoms with Gasteiger partial charge in [0.1, 0.15) is 6.20 Å². The van der Waals surface area contributed by atoms with Crippen molar-refractivity contribution < 1.29 is 14.8 Å². The number of nitrogens with one attached hydrogen (secondary N) is 1. The Bertz CT molecular complexity index is 547. The molecule has 1 aliphatic heterocycles. The number of nitrogens with zero attached hydrogens (tertiary/aromatic N) is 3. The van der Waals surface area contributed by atoms with Gasteiger partial charge in [-0.2, -0.15) is 0 Å². The maximum atomic E-state index is 10.5. The number of nitro groups is 1. The van der Waals surface area contributed by atoms with E-state index in [2.05, 4.69) is 9.97 Å². The molecule has 0 fully saturated rings. The summed E-state index contributed by atoms with van der Waals surface area (Å²) in [7, 11) is 0. The molecule has 0 aromatic carbocycles. The van der Waals surface area contributed by atoms with Gasteiger partial charge in [0.2, 0.25) is 0 Å². The van der Waals surface area contributed by atoms with Crippen molar-refractivity contribution in [3.05, 3.63) is 46.1 Å². The van der Waals surface area contributed by atoms with E-state index in [0.29, 0.717) is 17.9 Å². The Morgan fingerprint density at radius 2 is 2.35 bits per heavy atom. The summed E-state index contributed by atoms with van der Waals surface area (Å²) >= 11 is 0. The molecule has 0 saturated heterocycles. The lowest BCUT2D eigenvalue weighted by Gasteiger charge is -2.20. The number of aromatic amines is 1. The van der Waals surface area contributed by atoms with Crippen molar-refractivity contribution >= 4 is 11.8 Å². The van der Waals surface area contributed by atoms with Crippen molar-refractivity contribution in [2.45, 2.75) is 13.8 Å². The first-order valence-corrected chi connectivity index (χ1v) is 5.94. The molecule has 2 rings (SSSR count). The number of hydrogen-bond donors (Lipinski definition) is 2. The Balaban J connectivity index is 0.000000204. The average Bonchev–Trinajstić information content (AvgIpc) is 2.86. The normalized spacial score (nSPS) is 13.3. The summed E-state index contributed by atoms with van der Waals surface area (Å²) in [5, 5.41) is 18.6. The highest BCUT2D eigenvalue weighted by Gasteiger charge is 2.11. The number of H-pyrrole nitrogens is 1. The van der Waals surface area contributed by atoms with E-state index < -0.39 is 10.9 Å². The molecule has 0 radical (unpaired) electrons. The number of aromatic nitrogens is 2. The number of aryl methyl sites for hydroxylation is 1. The third kappa shape index (κ3) is 4.56. The van der Waals surface area contributed by atoms with Gasteiger partial charge in [-0.15, -0.1) is 0 Å². The van der Waals surface area contributed by atoms with Gasteiger partial charge in [-0.05, 0) is 30.2 Å². The number of hydrogen-bond acceptors (Lipinski definition) is 5. The number of rotatable bonds is 3. The molecule has 0 atom stereocenters. The van der Waals surface area contributed by atoms with Gasteiger partial charge in [0.05, 0.1) is 5.57 Å². The molecule has 0 bridgehead atoms. The zero-order valence-electron chi connectivity index (χ0n) is 11.2. The number of carbonyl (C=O) groups is 1. The lowest BCUT2D eigenvalue weighted by Crippen LogP contribution is -2.24. The molecule has 0 aliphatic carbocycles. The highest BCUT2D eigenvalue weighted by atomic mass is 16.6. The highest BCUT2D eigenvalue weighted by molar-refractivity contribution is 5.87. The van der Waals surface area contributed by atoms with Crippen LogP contribution in [0.25, 0.3) is 0 Å². The minimum Gasteiger partial charge on any atom is -0.478 e. The van der Waals surface area contributed by atoms with Crippen LogP contribution in [0.1, 0.15) is 12.7 Å². The number of aliphatic carboxylic acids is 1. The fraction of sp³-hybridized carbons (Fsp3) is 0.333. The van der Waals surface area contributed by atoms with Crippen molar-refractivity contribution in [1.82, 2.24) is 14.9 Å². The first-order valence-electron chi connectivity index (χ1n) is 5.94. The topological polar surface area (TPSA) is 112 Å². The van der Waals surface area contributed by atoms with E-state index in [9.17, 15) is 14.9 Å². The van der Waals surface area contributed by atoms with Gasteiger partial charge in [0, 0.05) is 20.0 Å². The zero-order valence-corrected chi connectivity index (χ0v) is 11.2. The molecule has 2 N–H and O–H groups in total. The Labute approximate surface area is 115 Å². The van der Waals surface area contributed by atoms with Crippen LogP contribution >= 0.6 is 0 Å². The highest BCUT2D eigenvalue weighted by Crippen LogP contribution is 2.06. The molecule has 8 nitrogen and oxygen atoms in total. The second-order valence-corrected chi connectivity index (χ2v) is 4.01. The molecule has 20 heavy (non-hydrogen) atoms.